The fraction of sp³-hybridized carbons (Fsp3) is 0.917. The first-order chi connectivity index (χ1) is 7.43. The van der Waals surface area contributed by atoms with E-state index in [0.717, 1.165) is 39.1 Å². The minimum Gasteiger partial charge on any atom is -0.481 e. The van der Waals surface area contributed by atoms with Crippen molar-refractivity contribution in [2.75, 3.05) is 26.3 Å². The molecule has 4 nitrogen and oxygen atoms in total. The van der Waals surface area contributed by atoms with Gasteiger partial charge in [0.15, 0.2) is 0 Å². The van der Waals surface area contributed by atoms with Crippen LogP contribution in [0.25, 0.3) is 0 Å². The van der Waals surface area contributed by atoms with Crippen molar-refractivity contribution in [1.29, 1.82) is 0 Å². The second-order valence-corrected chi connectivity index (χ2v) is 5.25. The Morgan fingerprint density at radius 2 is 2.25 bits per heavy atom. The summed E-state index contributed by atoms with van der Waals surface area (Å²) in [4.78, 5) is 13.3. The molecule has 0 aromatic carbocycles. The van der Waals surface area contributed by atoms with E-state index in [2.05, 4.69) is 11.8 Å². The number of carbonyl (C=O) groups is 1. The number of hydrogen-bond acceptors (Lipinski definition) is 3. The van der Waals surface area contributed by atoms with Crippen LogP contribution in [0, 0.1) is 5.41 Å². The lowest BCUT2D eigenvalue weighted by Gasteiger charge is -2.33. The maximum atomic E-state index is 10.9. The van der Waals surface area contributed by atoms with Crippen molar-refractivity contribution >= 4 is 5.97 Å². The van der Waals surface area contributed by atoms with Gasteiger partial charge in [0, 0.05) is 12.6 Å². The maximum Gasteiger partial charge on any atom is 0.309 e. The third-order valence-electron chi connectivity index (χ3n) is 3.33. The van der Waals surface area contributed by atoms with Crippen molar-refractivity contribution < 1.29 is 14.6 Å². The summed E-state index contributed by atoms with van der Waals surface area (Å²) in [5.74, 6) is -0.706. The van der Waals surface area contributed by atoms with Crippen molar-refractivity contribution in [1.82, 2.24) is 4.90 Å². The van der Waals surface area contributed by atoms with Gasteiger partial charge >= 0.3 is 5.97 Å². The van der Waals surface area contributed by atoms with Gasteiger partial charge in [-0.05, 0) is 40.2 Å². The van der Waals surface area contributed by atoms with Crippen LogP contribution < -0.4 is 0 Å². The minimum absolute atomic E-state index is 0.460. The second-order valence-electron chi connectivity index (χ2n) is 5.25. The molecule has 0 aliphatic carbocycles. The van der Waals surface area contributed by atoms with Crippen LogP contribution in [-0.2, 0) is 9.53 Å². The van der Waals surface area contributed by atoms with Crippen LogP contribution >= 0.6 is 0 Å². The first-order valence-corrected chi connectivity index (χ1v) is 5.98. The van der Waals surface area contributed by atoms with E-state index < -0.39 is 11.4 Å². The van der Waals surface area contributed by atoms with Gasteiger partial charge in [0.05, 0.1) is 18.6 Å². The van der Waals surface area contributed by atoms with Gasteiger partial charge in [-0.2, -0.15) is 0 Å². The van der Waals surface area contributed by atoms with Crippen LogP contribution in [0.1, 0.15) is 33.6 Å². The lowest BCUT2D eigenvalue weighted by molar-refractivity contribution is -0.147. The van der Waals surface area contributed by atoms with E-state index in [-0.39, 0.29) is 0 Å². The average Bonchev–Trinajstić information content (AvgIpc) is 2.20. The number of carboxylic acid groups (broad SMARTS) is 1. The molecule has 0 saturated carbocycles. The first kappa shape index (κ1) is 13.5. The maximum absolute atomic E-state index is 10.9. The molecule has 94 valence electrons. The number of rotatable bonds is 5. The topological polar surface area (TPSA) is 49.8 Å². The summed E-state index contributed by atoms with van der Waals surface area (Å²) in [6.07, 6.45) is 1.66. The molecule has 1 unspecified atom stereocenters. The van der Waals surface area contributed by atoms with Crippen LogP contribution in [0.2, 0.25) is 0 Å². The molecule has 1 saturated heterocycles. The average molecular weight is 229 g/mol. The molecule has 1 fully saturated rings. The summed E-state index contributed by atoms with van der Waals surface area (Å²) < 4.78 is 5.36. The molecule has 1 aliphatic heterocycles. The lowest BCUT2D eigenvalue weighted by Crippen LogP contribution is -2.44. The van der Waals surface area contributed by atoms with Gasteiger partial charge in [0.1, 0.15) is 0 Å². The van der Waals surface area contributed by atoms with Crippen LogP contribution in [0.4, 0.5) is 0 Å². The van der Waals surface area contributed by atoms with Crippen LogP contribution in [0.15, 0.2) is 0 Å². The molecule has 1 atom stereocenters. The standard InChI is InChI=1S/C12H23NO3/c1-10-9-16-8-7-13(10)6-4-5-12(2,3)11(14)15/h10H,4-9H2,1-3H3,(H,14,15). The molecule has 16 heavy (non-hydrogen) atoms. The van der Waals surface area contributed by atoms with Gasteiger partial charge in [-0.15, -0.1) is 0 Å². The van der Waals surface area contributed by atoms with Crippen LogP contribution in [-0.4, -0.2) is 48.3 Å². The van der Waals surface area contributed by atoms with Gasteiger partial charge in [0.25, 0.3) is 0 Å². The summed E-state index contributed by atoms with van der Waals surface area (Å²) in [5.41, 5.74) is -0.602. The Balaban J connectivity index is 2.26. The Morgan fingerprint density at radius 3 is 2.81 bits per heavy atom. The molecule has 1 aliphatic rings. The molecule has 0 amide bonds. The Bertz CT molecular complexity index is 240. The van der Waals surface area contributed by atoms with E-state index in [9.17, 15) is 4.79 Å². The molecule has 1 heterocycles. The Kier molecular flexibility index (Phi) is 4.74. The van der Waals surface area contributed by atoms with E-state index >= 15 is 0 Å². The quantitative estimate of drug-likeness (QED) is 0.778. The molecule has 4 heteroatoms. The third kappa shape index (κ3) is 3.76. The van der Waals surface area contributed by atoms with Crippen molar-refractivity contribution in [2.24, 2.45) is 5.41 Å². The minimum atomic E-state index is -0.706. The van der Waals surface area contributed by atoms with Crippen molar-refractivity contribution in [3.63, 3.8) is 0 Å². The second kappa shape index (κ2) is 5.64. The summed E-state index contributed by atoms with van der Waals surface area (Å²) in [5, 5.41) is 9.00. The third-order valence-corrected chi connectivity index (χ3v) is 3.33. The van der Waals surface area contributed by atoms with Gasteiger partial charge in [-0.1, -0.05) is 0 Å². The van der Waals surface area contributed by atoms with Gasteiger partial charge in [-0.25, -0.2) is 0 Å². The Hall–Kier alpha value is -0.610. The van der Waals surface area contributed by atoms with E-state index in [1.165, 1.54) is 0 Å². The number of ether oxygens (including phenoxy) is 1. The number of carboxylic acids is 1. The molecule has 0 bridgehead atoms. The van der Waals surface area contributed by atoms with E-state index in [1.807, 2.05) is 0 Å². The van der Waals surface area contributed by atoms with Gasteiger partial charge in [-0.3, -0.25) is 9.69 Å². The number of nitrogens with zero attached hydrogens (tertiary/aromatic N) is 1. The highest BCUT2D eigenvalue weighted by atomic mass is 16.5. The molecular formula is C12H23NO3. The molecule has 1 rings (SSSR count). The smallest absolute Gasteiger partial charge is 0.309 e. The lowest BCUT2D eigenvalue weighted by atomic mass is 9.88. The molecule has 1 N–H and O–H groups in total. The SMILES string of the molecule is CC1COCCN1CCCC(C)(C)C(=O)O. The largest absolute Gasteiger partial charge is 0.481 e. The fourth-order valence-corrected chi connectivity index (χ4v) is 1.92. The van der Waals surface area contributed by atoms with Crippen molar-refractivity contribution in [2.45, 2.75) is 39.7 Å². The zero-order chi connectivity index (χ0) is 12.2. The predicted molar refractivity (Wildman–Crippen MR) is 62.5 cm³/mol. The van der Waals surface area contributed by atoms with Gasteiger partial charge < -0.3 is 9.84 Å². The van der Waals surface area contributed by atoms with Crippen molar-refractivity contribution in [3.05, 3.63) is 0 Å². The zero-order valence-electron chi connectivity index (χ0n) is 10.5. The predicted octanol–water partition coefficient (Wildman–Crippen LogP) is 1.60. The highest BCUT2D eigenvalue weighted by Crippen LogP contribution is 2.23. The van der Waals surface area contributed by atoms with E-state index in [4.69, 9.17) is 9.84 Å². The highest BCUT2D eigenvalue weighted by Gasteiger charge is 2.27. The first-order valence-electron chi connectivity index (χ1n) is 5.98. The van der Waals surface area contributed by atoms with Crippen molar-refractivity contribution in [3.8, 4) is 0 Å². The molecule has 0 aromatic rings. The number of morpholine rings is 1. The zero-order valence-corrected chi connectivity index (χ0v) is 10.5. The van der Waals surface area contributed by atoms with E-state index in [0.29, 0.717) is 6.04 Å². The number of hydrogen-bond donors (Lipinski definition) is 1. The summed E-state index contributed by atoms with van der Waals surface area (Å²) in [7, 11) is 0. The summed E-state index contributed by atoms with van der Waals surface area (Å²) in [6.45, 7) is 9.27. The van der Waals surface area contributed by atoms with E-state index in [1.54, 1.807) is 13.8 Å². The molecule has 0 radical (unpaired) electrons. The summed E-state index contributed by atoms with van der Waals surface area (Å²) >= 11 is 0. The Labute approximate surface area is 97.6 Å². The van der Waals surface area contributed by atoms with Crippen LogP contribution in [0.5, 0.6) is 0 Å². The fourth-order valence-electron chi connectivity index (χ4n) is 1.92. The molecular weight excluding hydrogens is 206 g/mol. The van der Waals surface area contributed by atoms with Gasteiger partial charge in [0.2, 0.25) is 0 Å². The Morgan fingerprint density at radius 1 is 1.56 bits per heavy atom. The molecule has 0 aromatic heterocycles. The normalized spacial score (nSPS) is 23.3. The highest BCUT2D eigenvalue weighted by molar-refractivity contribution is 5.73. The summed E-state index contributed by atoms with van der Waals surface area (Å²) in [6, 6.07) is 0.460. The number of aliphatic carboxylic acids is 1. The van der Waals surface area contributed by atoms with Crippen LogP contribution in [0.3, 0.4) is 0 Å². The monoisotopic (exact) mass is 229 g/mol. The molecule has 0 spiro atoms.